The molecule has 2 aromatic carbocycles. The predicted octanol–water partition coefficient (Wildman–Crippen LogP) is 2.17. The van der Waals surface area contributed by atoms with Crippen molar-refractivity contribution >= 4 is 17.3 Å². The molecule has 0 saturated heterocycles. The molecular formula is C19H23N3O2. The van der Waals surface area contributed by atoms with Crippen LogP contribution in [0.15, 0.2) is 48.5 Å². The molecule has 3 rings (SSSR count). The van der Waals surface area contributed by atoms with Gasteiger partial charge < -0.3 is 20.3 Å². The van der Waals surface area contributed by atoms with Crippen molar-refractivity contribution in [3.8, 4) is 5.75 Å². The molecule has 2 N–H and O–H groups in total. The molecule has 1 aliphatic heterocycles. The second-order valence-corrected chi connectivity index (χ2v) is 6.32. The fourth-order valence-corrected chi connectivity index (χ4v) is 2.87. The molecule has 0 aromatic heterocycles. The zero-order chi connectivity index (χ0) is 17.1. The predicted molar refractivity (Wildman–Crippen MR) is 96.3 cm³/mol. The monoisotopic (exact) mass is 325 g/mol. The third-order valence-corrected chi connectivity index (χ3v) is 4.11. The van der Waals surface area contributed by atoms with E-state index in [1.54, 1.807) is 0 Å². The third-order valence-electron chi connectivity index (χ3n) is 4.11. The van der Waals surface area contributed by atoms with Gasteiger partial charge in [0.2, 0.25) is 0 Å². The normalized spacial score (nSPS) is 16.9. The average molecular weight is 325 g/mol. The first-order valence-electron chi connectivity index (χ1n) is 8.11. The Morgan fingerprint density at radius 3 is 2.71 bits per heavy atom. The topological polar surface area (TPSA) is 58.8 Å². The largest absolute Gasteiger partial charge is 0.478 e. The Kier molecular flexibility index (Phi) is 4.71. The molecule has 0 fully saturated rings. The summed E-state index contributed by atoms with van der Waals surface area (Å²) in [6.45, 7) is 1.44. The van der Waals surface area contributed by atoms with Crippen LogP contribution in [0.25, 0.3) is 0 Å². The SMILES string of the molecule is CN(C)CCN1C(=O)C(Cc2cccc(N)c2)Oc2ccccc21. The minimum atomic E-state index is -0.524. The number of carbonyl (C=O) groups excluding carboxylic acids is 1. The first-order chi connectivity index (χ1) is 11.5. The minimum Gasteiger partial charge on any atom is -0.478 e. The van der Waals surface area contributed by atoms with E-state index in [0.717, 1.165) is 23.5 Å². The molecule has 0 spiro atoms. The van der Waals surface area contributed by atoms with Crippen molar-refractivity contribution in [2.75, 3.05) is 37.8 Å². The highest BCUT2D eigenvalue weighted by atomic mass is 16.5. The van der Waals surface area contributed by atoms with Gasteiger partial charge in [0.05, 0.1) is 5.69 Å². The number of carbonyl (C=O) groups is 1. The molecule has 1 heterocycles. The number of amides is 1. The molecule has 0 radical (unpaired) electrons. The van der Waals surface area contributed by atoms with Crippen LogP contribution in [0.2, 0.25) is 0 Å². The van der Waals surface area contributed by atoms with Gasteiger partial charge in [0.15, 0.2) is 6.10 Å². The van der Waals surface area contributed by atoms with Crippen molar-refractivity contribution in [2.45, 2.75) is 12.5 Å². The molecule has 2 aromatic rings. The van der Waals surface area contributed by atoms with Crippen LogP contribution in [0.5, 0.6) is 5.75 Å². The maximum Gasteiger partial charge on any atom is 0.268 e. The Morgan fingerprint density at radius 2 is 1.96 bits per heavy atom. The Balaban J connectivity index is 1.85. The van der Waals surface area contributed by atoms with Gasteiger partial charge in [0.25, 0.3) is 5.91 Å². The molecule has 1 aliphatic rings. The lowest BCUT2D eigenvalue weighted by atomic mass is 10.0. The maximum atomic E-state index is 12.9. The van der Waals surface area contributed by atoms with Crippen molar-refractivity contribution in [3.63, 3.8) is 0 Å². The van der Waals surface area contributed by atoms with E-state index in [2.05, 4.69) is 4.90 Å². The highest BCUT2D eigenvalue weighted by Gasteiger charge is 2.34. The van der Waals surface area contributed by atoms with Crippen LogP contribution in [-0.2, 0) is 11.2 Å². The quantitative estimate of drug-likeness (QED) is 0.856. The van der Waals surface area contributed by atoms with Gasteiger partial charge >= 0.3 is 0 Å². The van der Waals surface area contributed by atoms with Crippen LogP contribution < -0.4 is 15.4 Å². The van der Waals surface area contributed by atoms with Crippen LogP contribution >= 0.6 is 0 Å². The number of hydrogen-bond donors (Lipinski definition) is 1. The van der Waals surface area contributed by atoms with Gasteiger partial charge in [-0.3, -0.25) is 4.79 Å². The first-order valence-corrected chi connectivity index (χ1v) is 8.11. The molecule has 24 heavy (non-hydrogen) atoms. The van der Waals surface area contributed by atoms with E-state index in [1.807, 2.05) is 67.5 Å². The fraction of sp³-hybridized carbons (Fsp3) is 0.316. The van der Waals surface area contributed by atoms with Gasteiger partial charge in [-0.15, -0.1) is 0 Å². The van der Waals surface area contributed by atoms with Crippen LogP contribution in [0.1, 0.15) is 5.56 Å². The minimum absolute atomic E-state index is 0.00188. The second-order valence-electron chi connectivity index (χ2n) is 6.32. The van der Waals surface area contributed by atoms with E-state index in [1.165, 1.54) is 0 Å². The lowest BCUT2D eigenvalue weighted by Crippen LogP contribution is -2.49. The van der Waals surface area contributed by atoms with Gasteiger partial charge in [0.1, 0.15) is 5.75 Å². The van der Waals surface area contributed by atoms with Crippen molar-refractivity contribution in [2.24, 2.45) is 0 Å². The van der Waals surface area contributed by atoms with Crippen LogP contribution in [0, 0.1) is 0 Å². The van der Waals surface area contributed by atoms with Crippen LogP contribution in [0.4, 0.5) is 11.4 Å². The molecule has 1 atom stereocenters. The van der Waals surface area contributed by atoms with Gasteiger partial charge in [-0.1, -0.05) is 24.3 Å². The lowest BCUT2D eigenvalue weighted by Gasteiger charge is -2.35. The van der Waals surface area contributed by atoms with Crippen molar-refractivity contribution in [1.29, 1.82) is 0 Å². The van der Waals surface area contributed by atoms with E-state index in [0.29, 0.717) is 18.7 Å². The summed E-state index contributed by atoms with van der Waals surface area (Å²) >= 11 is 0. The van der Waals surface area contributed by atoms with Crippen LogP contribution in [0.3, 0.4) is 0 Å². The summed E-state index contributed by atoms with van der Waals surface area (Å²) in [5.41, 5.74) is 8.38. The number of likely N-dealkylation sites (N-methyl/N-ethyl adjacent to an activating group) is 1. The fourth-order valence-electron chi connectivity index (χ4n) is 2.87. The van der Waals surface area contributed by atoms with Crippen molar-refractivity contribution < 1.29 is 9.53 Å². The second kappa shape index (κ2) is 6.93. The number of nitrogens with zero attached hydrogens (tertiary/aromatic N) is 2. The van der Waals surface area contributed by atoms with E-state index in [-0.39, 0.29) is 5.91 Å². The highest BCUT2D eigenvalue weighted by molar-refractivity contribution is 6.00. The average Bonchev–Trinajstić information content (AvgIpc) is 2.55. The molecule has 0 saturated carbocycles. The molecule has 1 amide bonds. The third kappa shape index (κ3) is 3.51. The number of ether oxygens (including phenoxy) is 1. The molecule has 0 bridgehead atoms. The summed E-state index contributed by atoms with van der Waals surface area (Å²) in [6, 6.07) is 15.3. The number of benzene rings is 2. The highest BCUT2D eigenvalue weighted by Crippen LogP contribution is 2.34. The summed E-state index contributed by atoms with van der Waals surface area (Å²) in [5.74, 6) is 0.753. The first kappa shape index (κ1) is 16.3. The van der Waals surface area contributed by atoms with E-state index in [9.17, 15) is 4.79 Å². The maximum absolute atomic E-state index is 12.9. The number of rotatable bonds is 5. The lowest BCUT2D eigenvalue weighted by molar-refractivity contribution is -0.126. The number of para-hydroxylation sites is 2. The van der Waals surface area contributed by atoms with Gasteiger partial charge in [-0.2, -0.15) is 0 Å². The number of fused-ring (bicyclic) bond motifs is 1. The van der Waals surface area contributed by atoms with Gasteiger partial charge in [-0.05, 0) is 43.9 Å². The van der Waals surface area contributed by atoms with E-state index >= 15 is 0 Å². The van der Waals surface area contributed by atoms with Crippen molar-refractivity contribution in [3.05, 3.63) is 54.1 Å². The molecule has 5 nitrogen and oxygen atoms in total. The molecule has 5 heteroatoms. The van der Waals surface area contributed by atoms with E-state index < -0.39 is 6.10 Å². The van der Waals surface area contributed by atoms with Crippen LogP contribution in [-0.4, -0.2) is 44.1 Å². The Hall–Kier alpha value is -2.53. The van der Waals surface area contributed by atoms with Crippen molar-refractivity contribution in [1.82, 2.24) is 4.90 Å². The summed E-state index contributed by atoms with van der Waals surface area (Å²) in [6.07, 6.45) is -0.0136. The smallest absolute Gasteiger partial charge is 0.268 e. The Morgan fingerprint density at radius 1 is 1.17 bits per heavy atom. The summed E-state index contributed by atoms with van der Waals surface area (Å²) < 4.78 is 5.98. The zero-order valence-electron chi connectivity index (χ0n) is 14.1. The van der Waals surface area contributed by atoms with Gasteiger partial charge in [0, 0.05) is 25.2 Å². The number of hydrogen-bond acceptors (Lipinski definition) is 4. The molecule has 1 unspecified atom stereocenters. The summed E-state index contributed by atoms with van der Waals surface area (Å²) in [4.78, 5) is 16.8. The Labute approximate surface area is 142 Å². The number of anilines is 2. The molecule has 0 aliphatic carbocycles. The summed E-state index contributed by atoms with van der Waals surface area (Å²) in [5, 5.41) is 0. The van der Waals surface area contributed by atoms with Gasteiger partial charge in [-0.25, -0.2) is 0 Å². The summed E-state index contributed by atoms with van der Waals surface area (Å²) in [7, 11) is 4.00. The number of nitrogens with two attached hydrogens (primary N) is 1. The Bertz CT molecular complexity index is 730. The van der Waals surface area contributed by atoms with E-state index in [4.69, 9.17) is 10.5 Å². The zero-order valence-corrected chi connectivity index (χ0v) is 14.1. The standard InChI is InChI=1S/C19H23N3O2/c1-21(2)10-11-22-16-8-3-4-9-17(16)24-18(19(22)23)13-14-6-5-7-15(20)12-14/h3-9,12,18H,10-11,13,20H2,1-2H3. The number of nitrogen functional groups attached to an aromatic ring is 1. The molecular weight excluding hydrogens is 302 g/mol. The molecule has 126 valence electrons.